The zero-order valence-corrected chi connectivity index (χ0v) is 22.5. The van der Waals surface area contributed by atoms with Crippen molar-refractivity contribution in [3.63, 3.8) is 0 Å². The van der Waals surface area contributed by atoms with Gasteiger partial charge in [-0.3, -0.25) is 29.7 Å². The van der Waals surface area contributed by atoms with Crippen molar-refractivity contribution in [1.29, 1.82) is 0 Å². The van der Waals surface area contributed by atoms with Crippen LogP contribution in [-0.4, -0.2) is 42.8 Å². The summed E-state index contributed by atoms with van der Waals surface area (Å²) in [5.41, 5.74) is 6.27. The molecule has 0 aliphatic heterocycles. The van der Waals surface area contributed by atoms with E-state index in [1.165, 1.54) is 0 Å². The summed E-state index contributed by atoms with van der Waals surface area (Å²) in [5, 5.41) is 2.32. The molecule has 0 saturated carbocycles. The lowest BCUT2D eigenvalue weighted by Crippen LogP contribution is -2.35. The predicted octanol–water partition coefficient (Wildman–Crippen LogP) is 6.28. The molecular weight excluding hydrogens is 492 g/mol. The van der Waals surface area contributed by atoms with Gasteiger partial charge in [0.15, 0.2) is 0 Å². The van der Waals surface area contributed by atoms with E-state index in [2.05, 4.69) is 92.6 Å². The van der Waals surface area contributed by atoms with Crippen LogP contribution >= 0.6 is 0 Å². The molecule has 0 aliphatic carbocycles. The molecule has 0 radical (unpaired) electrons. The predicted molar refractivity (Wildman–Crippen MR) is 160 cm³/mol. The van der Waals surface area contributed by atoms with Crippen molar-refractivity contribution >= 4 is 21.8 Å². The molecule has 198 valence electrons. The molecule has 6 rings (SSSR count). The highest BCUT2D eigenvalue weighted by atomic mass is 15.2. The summed E-state index contributed by atoms with van der Waals surface area (Å²) < 4.78 is 0. The van der Waals surface area contributed by atoms with Crippen LogP contribution in [-0.2, 0) is 26.2 Å². The van der Waals surface area contributed by atoms with Crippen LogP contribution in [0.1, 0.15) is 22.8 Å². The van der Waals surface area contributed by atoms with Crippen molar-refractivity contribution in [2.24, 2.45) is 0 Å². The number of hydrogen-bond donors (Lipinski definition) is 0. The van der Waals surface area contributed by atoms with Crippen LogP contribution in [0, 0.1) is 0 Å². The lowest BCUT2D eigenvalue weighted by atomic mass is 10.2. The van der Waals surface area contributed by atoms with Crippen molar-refractivity contribution < 1.29 is 0 Å². The average Bonchev–Trinajstić information content (AvgIpc) is 3.00. The largest absolute Gasteiger partial charge is 0.290 e. The normalized spacial score (nSPS) is 11.6. The smallest absolute Gasteiger partial charge is 0.0705 e. The van der Waals surface area contributed by atoms with E-state index in [-0.39, 0.29) is 0 Å². The van der Waals surface area contributed by atoms with E-state index in [9.17, 15) is 0 Å². The van der Waals surface area contributed by atoms with E-state index in [4.69, 9.17) is 9.97 Å². The minimum Gasteiger partial charge on any atom is -0.290 e. The van der Waals surface area contributed by atoms with Crippen molar-refractivity contribution in [3.8, 4) is 0 Å². The maximum Gasteiger partial charge on any atom is 0.0705 e. The third-order valence-corrected chi connectivity index (χ3v) is 7.04. The third kappa shape index (κ3) is 6.72. The fourth-order valence-corrected chi connectivity index (χ4v) is 5.00. The molecule has 0 fully saturated rings. The van der Waals surface area contributed by atoms with Crippen LogP contribution in [0.3, 0.4) is 0 Å². The number of benzene rings is 2. The van der Waals surface area contributed by atoms with Crippen molar-refractivity contribution in [2.45, 2.75) is 26.2 Å². The summed E-state index contributed by atoms with van der Waals surface area (Å²) in [6, 6.07) is 37.4. The van der Waals surface area contributed by atoms with E-state index in [1.807, 2.05) is 48.8 Å². The van der Waals surface area contributed by atoms with E-state index in [0.717, 1.165) is 83.9 Å². The molecule has 0 bridgehead atoms. The maximum absolute atomic E-state index is 4.95. The number of rotatable bonds is 11. The maximum atomic E-state index is 4.95. The summed E-state index contributed by atoms with van der Waals surface area (Å²) >= 11 is 0. The number of para-hydroxylation sites is 2. The summed E-state index contributed by atoms with van der Waals surface area (Å²) in [4.78, 5) is 24.0. The Morgan fingerprint density at radius 3 is 1.27 bits per heavy atom. The van der Waals surface area contributed by atoms with Gasteiger partial charge in [-0.05, 0) is 48.5 Å². The second kappa shape index (κ2) is 12.6. The average molecular weight is 525 g/mol. The van der Waals surface area contributed by atoms with Gasteiger partial charge in [0, 0.05) is 62.4 Å². The number of pyridine rings is 4. The van der Waals surface area contributed by atoms with Gasteiger partial charge in [0.25, 0.3) is 0 Å². The molecule has 2 aromatic carbocycles. The third-order valence-electron chi connectivity index (χ3n) is 7.04. The fourth-order valence-electron chi connectivity index (χ4n) is 5.00. The molecule has 0 saturated heterocycles. The minimum atomic E-state index is 0.743. The first kappa shape index (κ1) is 25.7. The molecule has 6 aromatic rings. The SMILES string of the molecule is c1ccc(CN(CCN(Cc2ccccn2)Cc2ccc3ccccc3n2)Cc2ccc3ccccc3n2)nc1. The van der Waals surface area contributed by atoms with Gasteiger partial charge in [-0.25, -0.2) is 0 Å². The Morgan fingerprint density at radius 1 is 0.400 bits per heavy atom. The van der Waals surface area contributed by atoms with Crippen molar-refractivity contribution in [1.82, 2.24) is 29.7 Å². The number of fused-ring (bicyclic) bond motifs is 2. The molecule has 0 amide bonds. The first-order chi connectivity index (χ1) is 19.8. The van der Waals surface area contributed by atoms with E-state index in [0.29, 0.717) is 0 Å². The number of aromatic nitrogens is 4. The van der Waals surface area contributed by atoms with Gasteiger partial charge in [-0.1, -0.05) is 60.7 Å². The molecule has 0 N–H and O–H groups in total. The van der Waals surface area contributed by atoms with Crippen LogP contribution in [0.15, 0.2) is 122 Å². The number of hydrogen-bond acceptors (Lipinski definition) is 6. The first-order valence-corrected chi connectivity index (χ1v) is 13.7. The Labute approximate surface area is 235 Å². The van der Waals surface area contributed by atoms with Crippen molar-refractivity contribution in [2.75, 3.05) is 13.1 Å². The summed E-state index contributed by atoms with van der Waals surface area (Å²) in [5.74, 6) is 0. The van der Waals surface area contributed by atoms with Gasteiger partial charge in [0.1, 0.15) is 0 Å². The van der Waals surface area contributed by atoms with Crippen LogP contribution in [0.5, 0.6) is 0 Å². The van der Waals surface area contributed by atoms with Crippen LogP contribution in [0.4, 0.5) is 0 Å². The van der Waals surface area contributed by atoms with Crippen LogP contribution in [0.2, 0.25) is 0 Å². The summed E-state index contributed by atoms with van der Waals surface area (Å²) in [6.45, 7) is 4.69. The van der Waals surface area contributed by atoms with E-state index < -0.39 is 0 Å². The topological polar surface area (TPSA) is 58.0 Å². The lowest BCUT2D eigenvalue weighted by molar-refractivity contribution is 0.178. The molecule has 6 heteroatoms. The minimum absolute atomic E-state index is 0.743. The lowest BCUT2D eigenvalue weighted by Gasteiger charge is -2.27. The molecule has 0 unspecified atom stereocenters. The standard InChI is InChI=1S/C34H32N6/c1-3-13-33-27(9-1)15-17-31(37-33)25-39(23-29-11-5-7-19-35-29)21-22-40(24-30-12-6-8-20-36-30)26-32-18-16-28-10-2-4-14-34(28)38-32/h1-20H,21-26H2. The summed E-state index contributed by atoms with van der Waals surface area (Å²) in [6.07, 6.45) is 3.72. The van der Waals surface area contributed by atoms with Gasteiger partial charge in [0.05, 0.1) is 33.8 Å². The van der Waals surface area contributed by atoms with Gasteiger partial charge >= 0.3 is 0 Å². The second-order valence-corrected chi connectivity index (χ2v) is 10.1. The quantitative estimate of drug-likeness (QED) is 0.199. The second-order valence-electron chi connectivity index (χ2n) is 10.1. The molecular formula is C34H32N6. The molecule has 40 heavy (non-hydrogen) atoms. The van der Waals surface area contributed by atoms with Gasteiger partial charge in [-0.15, -0.1) is 0 Å². The monoisotopic (exact) mass is 524 g/mol. The molecule has 4 aromatic heterocycles. The van der Waals surface area contributed by atoms with E-state index >= 15 is 0 Å². The Balaban J connectivity index is 1.23. The molecule has 0 spiro atoms. The highest BCUT2D eigenvalue weighted by molar-refractivity contribution is 5.79. The van der Waals surface area contributed by atoms with E-state index in [1.54, 1.807) is 0 Å². The highest BCUT2D eigenvalue weighted by Crippen LogP contribution is 2.17. The first-order valence-electron chi connectivity index (χ1n) is 13.7. The Bertz CT molecular complexity index is 1550. The van der Waals surface area contributed by atoms with Gasteiger partial charge in [0.2, 0.25) is 0 Å². The zero-order chi connectivity index (χ0) is 27.0. The Hall–Kier alpha value is -4.52. The molecule has 6 nitrogen and oxygen atoms in total. The molecule has 4 heterocycles. The Kier molecular flexibility index (Phi) is 8.08. The van der Waals surface area contributed by atoms with Crippen molar-refractivity contribution in [3.05, 3.63) is 144 Å². The zero-order valence-electron chi connectivity index (χ0n) is 22.5. The number of nitrogens with zero attached hydrogens (tertiary/aromatic N) is 6. The fraction of sp³-hybridized carbons (Fsp3) is 0.176. The van der Waals surface area contributed by atoms with Gasteiger partial charge in [-0.2, -0.15) is 0 Å². The molecule has 0 aliphatic rings. The Morgan fingerprint density at radius 2 is 0.825 bits per heavy atom. The van der Waals surface area contributed by atoms with Crippen LogP contribution < -0.4 is 0 Å². The van der Waals surface area contributed by atoms with Gasteiger partial charge < -0.3 is 0 Å². The molecule has 0 atom stereocenters. The van der Waals surface area contributed by atoms with Crippen LogP contribution in [0.25, 0.3) is 21.8 Å². The summed E-state index contributed by atoms with van der Waals surface area (Å²) in [7, 11) is 0. The highest BCUT2D eigenvalue weighted by Gasteiger charge is 2.15.